The summed E-state index contributed by atoms with van der Waals surface area (Å²) < 4.78 is 10.7. The Balaban J connectivity index is 0.0000174. The first-order chi connectivity index (χ1) is 27.0. The molecular formula is C48H60Na2O10. The van der Waals surface area contributed by atoms with Crippen molar-refractivity contribution in [3.63, 3.8) is 0 Å². The van der Waals surface area contributed by atoms with E-state index in [9.17, 15) is 28.8 Å². The van der Waals surface area contributed by atoms with Crippen LogP contribution in [0.5, 0.6) is 0 Å². The minimum absolute atomic E-state index is 0. The van der Waals surface area contributed by atoms with E-state index in [2.05, 4.69) is 0 Å². The average Bonchev–Trinajstić information content (AvgIpc) is 3.12. The molecule has 2 aliphatic rings. The molecule has 0 heterocycles. The molecule has 2 atom stereocenters. The van der Waals surface area contributed by atoms with E-state index in [0.717, 1.165) is 33.4 Å². The van der Waals surface area contributed by atoms with Crippen LogP contribution in [0.4, 0.5) is 0 Å². The van der Waals surface area contributed by atoms with Crippen LogP contribution in [0.15, 0.2) is 130 Å². The molecule has 0 aromatic heterocycles. The number of aliphatic carboxylic acids is 2. The van der Waals surface area contributed by atoms with Crippen molar-refractivity contribution in [3.05, 3.63) is 130 Å². The molecule has 0 fully saturated rings. The number of Topliss-reactive ketones (excluding diaryl/α,β-unsaturated/α-hetero) is 2. The molecule has 0 saturated heterocycles. The Kier molecular flexibility index (Phi) is 25.0. The number of ketones is 2. The topological polar surface area (TPSA) is 161 Å². The maximum Gasteiger partial charge on any atom is 0.307 e. The summed E-state index contributed by atoms with van der Waals surface area (Å²) in [6.07, 6.45) is 25.2. The van der Waals surface area contributed by atoms with Gasteiger partial charge in [-0.25, -0.2) is 0 Å². The second kappa shape index (κ2) is 26.6. The van der Waals surface area contributed by atoms with E-state index in [1.807, 2.05) is 140 Å². The molecule has 0 aromatic carbocycles. The third kappa shape index (κ3) is 19.4. The largest absolute Gasteiger partial charge is 0.481 e. The predicted molar refractivity (Wildman–Crippen MR) is 238 cm³/mol. The van der Waals surface area contributed by atoms with Gasteiger partial charge in [-0.15, -0.1) is 0 Å². The first-order valence-corrected chi connectivity index (χ1v) is 19.5. The van der Waals surface area contributed by atoms with Gasteiger partial charge in [-0.2, -0.15) is 0 Å². The van der Waals surface area contributed by atoms with Gasteiger partial charge < -0.3 is 19.7 Å². The first-order valence-electron chi connectivity index (χ1n) is 19.5. The Morgan fingerprint density at radius 3 is 1.17 bits per heavy atom. The molecule has 314 valence electrons. The molecule has 12 heteroatoms. The van der Waals surface area contributed by atoms with Gasteiger partial charge in [0.05, 0.1) is 25.7 Å². The molecular weight excluding hydrogens is 782 g/mol. The standard InChI is InChI=1S/C48H60O10.2Na/c1-31(17-13-19-33(3)21-23-37-35(5)45(55)39(29-47(37,7)8)57-43(53)27-25-41(49)50)15-11-12-16-32(2)18-14-20-34(4)22-24-38-36(6)46(56)40(30-48(38,9)10)58-44(54)28-26-42(51)52;;/h11-24,39-40H,25-30H2,1-10H3,(H,49,50)(H,51,52);;/b12-11+,17-13+,18-14+,23-21+,24-22+,31-15+,32-16+,33-19+,34-20+;;/t39-,40-;;/m0../s1. The number of carboxylic acid groups (broad SMARTS) is 2. The molecule has 0 aromatic rings. The number of carbonyl (C=O) groups is 6. The molecule has 2 radical (unpaired) electrons. The van der Waals surface area contributed by atoms with Gasteiger partial charge in [0.25, 0.3) is 0 Å². The van der Waals surface area contributed by atoms with Crippen molar-refractivity contribution in [2.45, 2.75) is 120 Å². The van der Waals surface area contributed by atoms with Crippen LogP contribution in [0.2, 0.25) is 0 Å². The molecule has 0 aliphatic heterocycles. The van der Waals surface area contributed by atoms with Crippen LogP contribution >= 0.6 is 0 Å². The van der Waals surface area contributed by atoms with E-state index < -0.39 is 46.9 Å². The number of esters is 2. The molecule has 2 aliphatic carbocycles. The number of allylic oxidation sites excluding steroid dienone is 20. The summed E-state index contributed by atoms with van der Waals surface area (Å²) in [5.74, 6) is -4.09. The summed E-state index contributed by atoms with van der Waals surface area (Å²) in [5, 5.41) is 17.6. The third-order valence-corrected chi connectivity index (χ3v) is 9.91. The summed E-state index contributed by atoms with van der Waals surface area (Å²) in [5.41, 5.74) is 6.02. The zero-order valence-electron chi connectivity index (χ0n) is 37.6. The predicted octanol–water partition coefficient (Wildman–Crippen LogP) is 8.98. The second-order valence-electron chi connectivity index (χ2n) is 16.1. The van der Waals surface area contributed by atoms with Gasteiger partial charge in [-0.3, -0.25) is 28.8 Å². The van der Waals surface area contributed by atoms with E-state index in [0.29, 0.717) is 24.0 Å². The van der Waals surface area contributed by atoms with Crippen molar-refractivity contribution in [2.24, 2.45) is 10.8 Å². The van der Waals surface area contributed by atoms with Gasteiger partial charge in [0, 0.05) is 72.0 Å². The van der Waals surface area contributed by atoms with Crippen molar-refractivity contribution < 1.29 is 48.5 Å². The zero-order valence-corrected chi connectivity index (χ0v) is 41.6. The fourth-order valence-corrected chi connectivity index (χ4v) is 6.61. The molecule has 0 unspecified atom stereocenters. The Labute approximate surface area is 400 Å². The quantitative estimate of drug-likeness (QED) is 0.0774. The monoisotopic (exact) mass is 842 g/mol. The minimum atomic E-state index is -1.09. The molecule has 2 rings (SSSR count). The van der Waals surface area contributed by atoms with E-state index in [-0.39, 0.29) is 96.4 Å². The van der Waals surface area contributed by atoms with Crippen molar-refractivity contribution in [1.82, 2.24) is 0 Å². The molecule has 0 spiro atoms. The van der Waals surface area contributed by atoms with Crippen molar-refractivity contribution in [2.75, 3.05) is 0 Å². The normalized spacial score (nSPS) is 20.4. The zero-order chi connectivity index (χ0) is 43.8. The van der Waals surface area contributed by atoms with Crippen LogP contribution < -0.4 is 0 Å². The van der Waals surface area contributed by atoms with E-state index in [1.165, 1.54) is 0 Å². The SMILES string of the molecule is CC1=C(/C=C/C(C)=C/C=C/C(C)=C/C=C/C=C(C)/C=C/C=C(C)/C=C/C2=C(C)C(=O)[C@@H](OC(=O)CCC(=O)O)CC2(C)C)C(C)(C)C[C@H](OC(=O)CCC(=O)O)C1=O.[Na].[Na]. The smallest absolute Gasteiger partial charge is 0.307 e. The first kappa shape index (κ1) is 56.4. The summed E-state index contributed by atoms with van der Waals surface area (Å²) in [6.45, 7) is 19.4. The van der Waals surface area contributed by atoms with Gasteiger partial charge in [0.2, 0.25) is 0 Å². The summed E-state index contributed by atoms with van der Waals surface area (Å²) in [7, 11) is 0. The van der Waals surface area contributed by atoms with E-state index in [1.54, 1.807) is 13.8 Å². The number of carboxylic acids is 2. The van der Waals surface area contributed by atoms with Crippen molar-refractivity contribution in [3.8, 4) is 0 Å². The molecule has 0 amide bonds. The van der Waals surface area contributed by atoms with Crippen LogP contribution in [0.3, 0.4) is 0 Å². The maximum absolute atomic E-state index is 13.0. The fourth-order valence-electron chi connectivity index (χ4n) is 6.61. The molecule has 10 nitrogen and oxygen atoms in total. The Hall–Kier alpha value is -3.64. The Morgan fingerprint density at radius 1 is 0.550 bits per heavy atom. The van der Waals surface area contributed by atoms with Gasteiger partial charge in [-0.1, -0.05) is 135 Å². The molecule has 0 bridgehead atoms. The number of carbonyl (C=O) groups excluding carboxylic acids is 4. The van der Waals surface area contributed by atoms with E-state index in [4.69, 9.17) is 19.7 Å². The van der Waals surface area contributed by atoms with Gasteiger partial charge in [0.1, 0.15) is 0 Å². The Bertz CT molecular complexity index is 1830. The van der Waals surface area contributed by atoms with Gasteiger partial charge >= 0.3 is 23.9 Å². The van der Waals surface area contributed by atoms with Crippen LogP contribution in [-0.4, -0.2) is 117 Å². The van der Waals surface area contributed by atoms with Crippen LogP contribution in [-0.2, 0) is 38.2 Å². The molecule has 0 saturated carbocycles. The average molecular weight is 843 g/mol. The molecule has 2 N–H and O–H groups in total. The number of ether oxygens (including phenoxy) is 2. The number of hydrogen-bond acceptors (Lipinski definition) is 8. The van der Waals surface area contributed by atoms with Crippen LogP contribution in [0.25, 0.3) is 0 Å². The number of rotatable bonds is 18. The summed E-state index contributed by atoms with van der Waals surface area (Å²) in [4.78, 5) is 71.7. The van der Waals surface area contributed by atoms with E-state index >= 15 is 0 Å². The molecule has 60 heavy (non-hydrogen) atoms. The fraction of sp³-hybridized carbons (Fsp3) is 0.417. The summed E-state index contributed by atoms with van der Waals surface area (Å²) >= 11 is 0. The van der Waals surface area contributed by atoms with Crippen LogP contribution in [0, 0.1) is 10.8 Å². The summed E-state index contributed by atoms with van der Waals surface area (Å²) in [6, 6.07) is 0. The second-order valence-corrected chi connectivity index (χ2v) is 16.1. The minimum Gasteiger partial charge on any atom is -0.481 e. The number of hydrogen-bond donors (Lipinski definition) is 2. The van der Waals surface area contributed by atoms with Crippen molar-refractivity contribution >= 4 is 94.6 Å². The Morgan fingerprint density at radius 2 is 0.850 bits per heavy atom. The van der Waals surface area contributed by atoms with Gasteiger partial charge in [-0.05, 0) is 74.7 Å². The van der Waals surface area contributed by atoms with Gasteiger partial charge in [0.15, 0.2) is 23.8 Å². The third-order valence-electron chi connectivity index (χ3n) is 9.91. The van der Waals surface area contributed by atoms with Crippen molar-refractivity contribution in [1.29, 1.82) is 0 Å². The maximum atomic E-state index is 13.0. The van der Waals surface area contributed by atoms with Crippen LogP contribution in [0.1, 0.15) is 108 Å².